The molecule has 0 atom stereocenters. The maximum atomic E-state index is 12.8. The van der Waals surface area contributed by atoms with E-state index in [4.69, 9.17) is 16.3 Å². The van der Waals surface area contributed by atoms with Crippen molar-refractivity contribution in [1.82, 2.24) is 0 Å². The summed E-state index contributed by atoms with van der Waals surface area (Å²) in [6, 6.07) is 11.1. The molecule has 0 aliphatic heterocycles. The van der Waals surface area contributed by atoms with Gasteiger partial charge >= 0.3 is 0 Å². The van der Waals surface area contributed by atoms with Crippen molar-refractivity contribution in [2.24, 2.45) is 0 Å². The second-order valence-electron chi connectivity index (χ2n) is 3.53. The van der Waals surface area contributed by atoms with Crippen molar-refractivity contribution in [3.63, 3.8) is 0 Å². The Morgan fingerprint density at radius 3 is 2.71 bits per heavy atom. The van der Waals surface area contributed by atoms with Gasteiger partial charge in [-0.3, -0.25) is 0 Å². The van der Waals surface area contributed by atoms with Gasteiger partial charge in [0, 0.05) is 5.02 Å². The maximum Gasteiger partial charge on any atom is 0.164 e. The van der Waals surface area contributed by atoms with Crippen molar-refractivity contribution in [1.29, 1.82) is 0 Å². The Balaban J connectivity index is 2.05. The smallest absolute Gasteiger partial charge is 0.164 e. The minimum atomic E-state index is -0.642. The topological polar surface area (TPSA) is 29.5 Å². The first kappa shape index (κ1) is 11.7. The van der Waals surface area contributed by atoms with Gasteiger partial charge in [-0.1, -0.05) is 23.7 Å². The Morgan fingerprint density at radius 2 is 2.00 bits per heavy atom. The summed E-state index contributed by atoms with van der Waals surface area (Å²) in [6.45, 7) is 0.244. The Bertz CT molecular complexity index is 529. The summed E-state index contributed by atoms with van der Waals surface area (Å²) in [6.07, 6.45) is 0. The van der Waals surface area contributed by atoms with Crippen LogP contribution < -0.4 is 4.74 Å². The maximum absolute atomic E-state index is 12.8. The second-order valence-corrected chi connectivity index (χ2v) is 3.97. The summed E-state index contributed by atoms with van der Waals surface area (Å²) >= 11 is 5.80. The molecule has 0 saturated carbocycles. The number of hydrogen-bond acceptors (Lipinski definition) is 2. The van der Waals surface area contributed by atoms with Gasteiger partial charge in [0.2, 0.25) is 0 Å². The van der Waals surface area contributed by atoms with Crippen molar-refractivity contribution in [3.05, 3.63) is 58.9 Å². The number of halogens is 2. The van der Waals surface area contributed by atoms with Crippen molar-refractivity contribution in [2.45, 2.75) is 6.61 Å². The van der Waals surface area contributed by atoms with Gasteiger partial charge < -0.3 is 9.84 Å². The lowest BCUT2D eigenvalue weighted by Crippen LogP contribution is -1.95. The molecule has 0 aliphatic carbocycles. The summed E-state index contributed by atoms with van der Waals surface area (Å²) in [5, 5.41) is 9.78. The molecule has 2 aromatic carbocycles. The first-order valence-corrected chi connectivity index (χ1v) is 5.39. The minimum absolute atomic E-state index is 0.244. The van der Waals surface area contributed by atoms with Crippen LogP contribution in [0.25, 0.3) is 0 Å². The number of phenolic OH excluding ortho intramolecular Hbond substituents is 1. The molecule has 0 amide bonds. The third-order valence-electron chi connectivity index (χ3n) is 2.21. The van der Waals surface area contributed by atoms with E-state index in [9.17, 15) is 9.50 Å². The molecule has 88 valence electrons. The average molecular weight is 253 g/mol. The molecular weight excluding hydrogens is 243 g/mol. The predicted octanol–water partition coefficient (Wildman–Crippen LogP) is 3.76. The van der Waals surface area contributed by atoms with Gasteiger partial charge in [-0.2, -0.15) is 0 Å². The van der Waals surface area contributed by atoms with Gasteiger partial charge in [-0.15, -0.1) is 0 Å². The number of hydrogen-bond donors (Lipinski definition) is 1. The molecule has 0 spiro atoms. The normalized spacial score (nSPS) is 10.2. The number of aromatic hydroxyl groups is 1. The molecule has 17 heavy (non-hydrogen) atoms. The summed E-state index contributed by atoms with van der Waals surface area (Å²) in [5.74, 6) is -0.394. The van der Waals surface area contributed by atoms with E-state index in [0.29, 0.717) is 16.3 Å². The van der Waals surface area contributed by atoms with E-state index < -0.39 is 5.82 Å². The number of phenols is 1. The SMILES string of the molecule is Oc1cc(COc2cccc(Cl)c2)ccc1F. The molecule has 2 nitrogen and oxygen atoms in total. The van der Waals surface area contributed by atoms with Crippen LogP contribution in [0.15, 0.2) is 42.5 Å². The van der Waals surface area contributed by atoms with E-state index in [1.807, 2.05) is 0 Å². The van der Waals surface area contributed by atoms with Crippen LogP contribution in [0.5, 0.6) is 11.5 Å². The zero-order valence-corrected chi connectivity index (χ0v) is 9.62. The van der Waals surface area contributed by atoms with E-state index in [-0.39, 0.29) is 12.4 Å². The fourth-order valence-corrected chi connectivity index (χ4v) is 1.55. The van der Waals surface area contributed by atoms with Gasteiger partial charge in [-0.25, -0.2) is 4.39 Å². The zero-order valence-electron chi connectivity index (χ0n) is 8.86. The van der Waals surface area contributed by atoms with Crippen LogP contribution in [0, 0.1) is 5.82 Å². The van der Waals surface area contributed by atoms with Gasteiger partial charge in [0.1, 0.15) is 12.4 Å². The summed E-state index contributed by atoms with van der Waals surface area (Å²) in [4.78, 5) is 0. The quantitative estimate of drug-likeness (QED) is 0.901. The molecule has 0 aromatic heterocycles. The van der Waals surface area contributed by atoms with Gasteiger partial charge in [0.15, 0.2) is 11.6 Å². The zero-order chi connectivity index (χ0) is 12.3. The van der Waals surface area contributed by atoms with Gasteiger partial charge in [-0.05, 0) is 35.9 Å². The minimum Gasteiger partial charge on any atom is -0.505 e. The highest BCUT2D eigenvalue weighted by Gasteiger charge is 2.02. The Morgan fingerprint density at radius 1 is 1.18 bits per heavy atom. The fraction of sp³-hybridized carbons (Fsp3) is 0.0769. The third-order valence-corrected chi connectivity index (χ3v) is 2.45. The third kappa shape index (κ3) is 3.11. The van der Waals surface area contributed by atoms with Crippen molar-refractivity contribution in [2.75, 3.05) is 0 Å². The fourth-order valence-electron chi connectivity index (χ4n) is 1.37. The van der Waals surface area contributed by atoms with Crippen molar-refractivity contribution in [3.8, 4) is 11.5 Å². The highest BCUT2D eigenvalue weighted by molar-refractivity contribution is 6.30. The van der Waals surface area contributed by atoms with E-state index >= 15 is 0 Å². The van der Waals surface area contributed by atoms with Crippen molar-refractivity contribution < 1.29 is 14.2 Å². The average Bonchev–Trinajstić information content (AvgIpc) is 2.31. The molecule has 4 heteroatoms. The molecule has 1 N–H and O–H groups in total. The second kappa shape index (κ2) is 5.06. The van der Waals surface area contributed by atoms with E-state index in [2.05, 4.69) is 0 Å². The molecule has 2 aromatic rings. The molecule has 0 heterocycles. The van der Waals surface area contributed by atoms with Crippen molar-refractivity contribution >= 4 is 11.6 Å². The van der Waals surface area contributed by atoms with Gasteiger partial charge in [0.05, 0.1) is 0 Å². The highest BCUT2D eigenvalue weighted by Crippen LogP contribution is 2.20. The van der Waals surface area contributed by atoms with Gasteiger partial charge in [0.25, 0.3) is 0 Å². The van der Waals surface area contributed by atoms with Crippen LogP contribution in [-0.4, -0.2) is 5.11 Å². The van der Waals surface area contributed by atoms with E-state index in [1.165, 1.54) is 12.1 Å². The highest BCUT2D eigenvalue weighted by atomic mass is 35.5. The van der Waals surface area contributed by atoms with Crippen LogP contribution in [0.4, 0.5) is 4.39 Å². The first-order chi connectivity index (χ1) is 8.15. The lowest BCUT2D eigenvalue weighted by atomic mass is 10.2. The number of benzene rings is 2. The van der Waals surface area contributed by atoms with Crippen LogP contribution in [0.1, 0.15) is 5.56 Å². The summed E-state index contributed by atoms with van der Waals surface area (Å²) < 4.78 is 18.3. The largest absolute Gasteiger partial charge is 0.505 e. The Kier molecular flexibility index (Phi) is 3.49. The summed E-state index contributed by atoms with van der Waals surface area (Å²) in [5.41, 5.74) is 0.684. The first-order valence-electron chi connectivity index (χ1n) is 5.01. The lowest BCUT2D eigenvalue weighted by Gasteiger charge is -2.07. The molecular formula is C13H10ClFO2. The van der Waals surface area contributed by atoms with E-state index in [0.717, 1.165) is 0 Å². The molecule has 0 unspecified atom stereocenters. The molecule has 2 rings (SSSR count). The lowest BCUT2D eigenvalue weighted by molar-refractivity contribution is 0.305. The monoisotopic (exact) mass is 252 g/mol. The molecule has 0 radical (unpaired) electrons. The van der Waals surface area contributed by atoms with Crippen LogP contribution >= 0.6 is 11.6 Å². The Hall–Kier alpha value is -1.74. The summed E-state index contributed by atoms with van der Waals surface area (Å²) in [7, 11) is 0. The molecule has 0 fully saturated rings. The predicted molar refractivity (Wildman–Crippen MR) is 63.8 cm³/mol. The molecule has 0 saturated heterocycles. The molecule has 0 bridgehead atoms. The number of ether oxygens (including phenoxy) is 1. The van der Waals surface area contributed by atoms with E-state index in [1.54, 1.807) is 30.3 Å². The standard InChI is InChI=1S/C13H10ClFO2/c14-10-2-1-3-11(7-10)17-8-9-4-5-12(15)13(16)6-9/h1-7,16H,8H2. The van der Waals surface area contributed by atoms with Crippen LogP contribution in [0.3, 0.4) is 0 Å². The van der Waals surface area contributed by atoms with Crippen LogP contribution in [-0.2, 0) is 6.61 Å². The number of rotatable bonds is 3. The Labute approximate surface area is 103 Å². The van der Waals surface area contributed by atoms with Crippen LogP contribution in [0.2, 0.25) is 5.02 Å². The molecule has 0 aliphatic rings.